The Morgan fingerprint density at radius 2 is 1.57 bits per heavy atom. The standard InChI is InChI=1S/C21H23N3O4/c1-28-18-10-6-5-9-17(18)11-12-20(26)23-24-21(27)14-13-19(25)22-15-16-7-3-2-4-8-16/h2-12H,13-15H2,1H3,(H,22,25)(H,23,26)(H,24,27)/b12-11+. The third-order valence-corrected chi connectivity index (χ3v) is 3.79. The molecular weight excluding hydrogens is 358 g/mol. The Kier molecular flexibility index (Phi) is 8.26. The highest BCUT2D eigenvalue weighted by molar-refractivity contribution is 5.93. The van der Waals surface area contributed by atoms with Crippen molar-refractivity contribution in [2.45, 2.75) is 19.4 Å². The monoisotopic (exact) mass is 381 g/mol. The van der Waals surface area contributed by atoms with Crippen LogP contribution in [0.5, 0.6) is 5.75 Å². The van der Waals surface area contributed by atoms with Gasteiger partial charge in [0.2, 0.25) is 11.8 Å². The number of hydrogen-bond acceptors (Lipinski definition) is 4. The molecule has 0 aliphatic heterocycles. The zero-order chi connectivity index (χ0) is 20.2. The van der Waals surface area contributed by atoms with Gasteiger partial charge in [-0.2, -0.15) is 0 Å². The lowest BCUT2D eigenvalue weighted by atomic mass is 10.2. The Hall–Kier alpha value is -3.61. The van der Waals surface area contributed by atoms with Crippen molar-refractivity contribution in [2.24, 2.45) is 0 Å². The van der Waals surface area contributed by atoms with Crippen LogP contribution in [0.3, 0.4) is 0 Å². The molecule has 0 fully saturated rings. The van der Waals surface area contributed by atoms with E-state index in [4.69, 9.17) is 4.74 Å². The normalized spacial score (nSPS) is 10.3. The average Bonchev–Trinajstić information content (AvgIpc) is 2.74. The fourth-order valence-electron chi connectivity index (χ4n) is 2.32. The number of hydrogen-bond donors (Lipinski definition) is 3. The first-order valence-corrected chi connectivity index (χ1v) is 8.79. The van der Waals surface area contributed by atoms with E-state index in [0.717, 1.165) is 11.1 Å². The molecule has 7 heteroatoms. The molecule has 146 valence electrons. The molecular formula is C21H23N3O4. The molecule has 0 aliphatic rings. The van der Waals surface area contributed by atoms with E-state index in [1.807, 2.05) is 42.5 Å². The number of para-hydroxylation sites is 1. The quantitative estimate of drug-likeness (QED) is 0.481. The van der Waals surface area contributed by atoms with Crippen LogP contribution in [0.25, 0.3) is 6.08 Å². The molecule has 2 aromatic rings. The van der Waals surface area contributed by atoms with Gasteiger partial charge in [0.25, 0.3) is 5.91 Å². The van der Waals surface area contributed by atoms with Crippen molar-refractivity contribution < 1.29 is 19.1 Å². The second-order valence-corrected chi connectivity index (χ2v) is 5.88. The molecule has 2 rings (SSSR count). The summed E-state index contributed by atoms with van der Waals surface area (Å²) in [7, 11) is 1.54. The second-order valence-electron chi connectivity index (χ2n) is 5.88. The van der Waals surface area contributed by atoms with Crippen LogP contribution in [0, 0.1) is 0 Å². The predicted octanol–water partition coefficient (Wildman–Crippen LogP) is 1.95. The number of ether oxygens (including phenoxy) is 1. The van der Waals surface area contributed by atoms with E-state index < -0.39 is 11.8 Å². The Bertz CT molecular complexity index is 835. The van der Waals surface area contributed by atoms with Crippen molar-refractivity contribution in [3.05, 3.63) is 71.8 Å². The van der Waals surface area contributed by atoms with Crippen LogP contribution in [0.1, 0.15) is 24.0 Å². The van der Waals surface area contributed by atoms with Crippen molar-refractivity contribution in [3.8, 4) is 5.75 Å². The molecule has 0 saturated carbocycles. The molecule has 0 saturated heterocycles. The number of methoxy groups -OCH3 is 1. The molecule has 0 heterocycles. The van der Waals surface area contributed by atoms with E-state index >= 15 is 0 Å². The van der Waals surface area contributed by atoms with Gasteiger partial charge in [-0.05, 0) is 17.7 Å². The van der Waals surface area contributed by atoms with E-state index in [1.54, 1.807) is 25.3 Å². The van der Waals surface area contributed by atoms with Gasteiger partial charge in [0.15, 0.2) is 0 Å². The summed E-state index contributed by atoms with van der Waals surface area (Å²) < 4.78 is 5.19. The molecule has 3 amide bonds. The first-order chi connectivity index (χ1) is 13.6. The van der Waals surface area contributed by atoms with Gasteiger partial charge in [-0.25, -0.2) is 0 Å². The third kappa shape index (κ3) is 7.33. The maximum absolute atomic E-state index is 11.8. The van der Waals surface area contributed by atoms with Crippen molar-refractivity contribution in [2.75, 3.05) is 7.11 Å². The van der Waals surface area contributed by atoms with E-state index in [9.17, 15) is 14.4 Å². The van der Waals surface area contributed by atoms with Crippen LogP contribution in [0.4, 0.5) is 0 Å². The SMILES string of the molecule is COc1ccccc1/C=C/C(=O)NNC(=O)CCC(=O)NCc1ccccc1. The lowest BCUT2D eigenvalue weighted by molar-refractivity contribution is -0.129. The molecule has 0 aromatic heterocycles. The van der Waals surface area contributed by atoms with Gasteiger partial charge in [-0.15, -0.1) is 0 Å². The van der Waals surface area contributed by atoms with Crippen molar-refractivity contribution in [1.29, 1.82) is 0 Å². The van der Waals surface area contributed by atoms with Crippen LogP contribution in [-0.2, 0) is 20.9 Å². The van der Waals surface area contributed by atoms with Crippen molar-refractivity contribution in [1.82, 2.24) is 16.2 Å². The molecule has 0 spiro atoms. The van der Waals surface area contributed by atoms with Crippen LogP contribution in [0.15, 0.2) is 60.7 Å². The van der Waals surface area contributed by atoms with Crippen molar-refractivity contribution in [3.63, 3.8) is 0 Å². The van der Waals surface area contributed by atoms with Crippen LogP contribution >= 0.6 is 0 Å². The highest BCUT2D eigenvalue weighted by Crippen LogP contribution is 2.18. The Balaban J connectivity index is 1.66. The molecule has 0 aliphatic carbocycles. The second kappa shape index (κ2) is 11.2. The van der Waals surface area contributed by atoms with Gasteiger partial charge in [0.05, 0.1) is 7.11 Å². The number of amides is 3. The lowest BCUT2D eigenvalue weighted by Gasteiger charge is -2.07. The molecule has 0 atom stereocenters. The van der Waals surface area contributed by atoms with E-state index in [2.05, 4.69) is 16.2 Å². The minimum atomic E-state index is -0.493. The summed E-state index contributed by atoms with van der Waals surface area (Å²) in [4.78, 5) is 35.3. The van der Waals surface area contributed by atoms with Crippen LogP contribution in [-0.4, -0.2) is 24.8 Å². The Morgan fingerprint density at radius 1 is 0.893 bits per heavy atom. The van der Waals surface area contributed by atoms with Gasteiger partial charge < -0.3 is 10.1 Å². The number of benzene rings is 2. The largest absolute Gasteiger partial charge is 0.496 e. The maximum atomic E-state index is 11.8. The highest BCUT2D eigenvalue weighted by atomic mass is 16.5. The van der Waals surface area contributed by atoms with Crippen LogP contribution < -0.4 is 20.9 Å². The summed E-state index contributed by atoms with van der Waals surface area (Å²) in [6.45, 7) is 0.409. The Morgan fingerprint density at radius 3 is 2.32 bits per heavy atom. The minimum Gasteiger partial charge on any atom is -0.496 e. The summed E-state index contributed by atoms with van der Waals surface area (Å²) in [6.07, 6.45) is 2.87. The van der Waals surface area contributed by atoms with E-state index in [-0.39, 0.29) is 18.7 Å². The molecule has 28 heavy (non-hydrogen) atoms. The smallest absolute Gasteiger partial charge is 0.262 e. The zero-order valence-corrected chi connectivity index (χ0v) is 15.6. The van der Waals surface area contributed by atoms with Crippen LogP contribution in [0.2, 0.25) is 0 Å². The van der Waals surface area contributed by atoms with Gasteiger partial charge >= 0.3 is 0 Å². The molecule has 0 unspecified atom stereocenters. The number of rotatable bonds is 8. The average molecular weight is 381 g/mol. The summed E-state index contributed by atoms with van der Waals surface area (Å²) in [5.74, 6) is -0.541. The van der Waals surface area contributed by atoms with Gasteiger partial charge in [-0.1, -0.05) is 48.5 Å². The highest BCUT2D eigenvalue weighted by Gasteiger charge is 2.07. The van der Waals surface area contributed by atoms with Gasteiger partial charge in [0, 0.05) is 31.0 Å². The third-order valence-electron chi connectivity index (χ3n) is 3.79. The lowest BCUT2D eigenvalue weighted by Crippen LogP contribution is -2.41. The number of nitrogens with one attached hydrogen (secondary N) is 3. The first kappa shape index (κ1) is 20.7. The zero-order valence-electron chi connectivity index (χ0n) is 15.6. The first-order valence-electron chi connectivity index (χ1n) is 8.79. The van der Waals surface area contributed by atoms with E-state index in [0.29, 0.717) is 12.3 Å². The molecule has 7 nitrogen and oxygen atoms in total. The van der Waals surface area contributed by atoms with Gasteiger partial charge in [-0.3, -0.25) is 25.2 Å². The van der Waals surface area contributed by atoms with E-state index in [1.165, 1.54) is 6.08 Å². The van der Waals surface area contributed by atoms with Crippen molar-refractivity contribution >= 4 is 23.8 Å². The predicted molar refractivity (Wildman–Crippen MR) is 106 cm³/mol. The van der Waals surface area contributed by atoms with Gasteiger partial charge in [0.1, 0.15) is 5.75 Å². The number of carbonyl (C=O) groups is 3. The molecule has 0 radical (unpaired) electrons. The number of carbonyl (C=O) groups excluding carboxylic acids is 3. The molecule has 3 N–H and O–H groups in total. The summed E-state index contributed by atoms with van der Waals surface area (Å²) in [6, 6.07) is 16.7. The summed E-state index contributed by atoms with van der Waals surface area (Å²) in [5, 5.41) is 2.74. The summed E-state index contributed by atoms with van der Waals surface area (Å²) >= 11 is 0. The fourth-order valence-corrected chi connectivity index (χ4v) is 2.32. The topological polar surface area (TPSA) is 96.5 Å². The fraction of sp³-hybridized carbons (Fsp3) is 0.190. The molecule has 2 aromatic carbocycles. The number of hydrazine groups is 1. The minimum absolute atomic E-state index is 0.0306. The Labute approximate surface area is 163 Å². The molecule has 0 bridgehead atoms. The maximum Gasteiger partial charge on any atom is 0.262 e. The summed E-state index contributed by atoms with van der Waals surface area (Å²) in [5.41, 5.74) is 6.27.